The van der Waals surface area contributed by atoms with Gasteiger partial charge < -0.3 is 10.1 Å². The third-order valence-corrected chi connectivity index (χ3v) is 4.91. The zero-order valence-electron chi connectivity index (χ0n) is 12.8. The van der Waals surface area contributed by atoms with E-state index in [0.717, 1.165) is 23.4 Å². The molecule has 0 fully saturated rings. The average molecular weight is 299 g/mol. The van der Waals surface area contributed by atoms with Gasteiger partial charge in [-0.05, 0) is 32.0 Å². The van der Waals surface area contributed by atoms with Gasteiger partial charge in [0.25, 0.3) is 0 Å². The van der Waals surface area contributed by atoms with Crippen LogP contribution in [0, 0.1) is 6.92 Å². The van der Waals surface area contributed by atoms with Crippen molar-refractivity contribution >= 4 is 9.84 Å². The maximum atomic E-state index is 11.5. The van der Waals surface area contributed by atoms with E-state index in [0.29, 0.717) is 0 Å². The average Bonchev–Trinajstić information content (AvgIpc) is 2.39. The smallest absolute Gasteiger partial charge is 0.153 e. The summed E-state index contributed by atoms with van der Waals surface area (Å²) < 4.78 is 28.7. The highest BCUT2D eigenvalue weighted by molar-refractivity contribution is 7.91. The van der Waals surface area contributed by atoms with E-state index >= 15 is 0 Å². The molecule has 0 aliphatic carbocycles. The molecular formula is C15H25NO3S. The second-order valence-corrected chi connectivity index (χ2v) is 7.38. The fraction of sp³-hybridized carbons (Fsp3) is 0.600. The quantitative estimate of drug-likeness (QED) is 0.801. The summed E-state index contributed by atoms with van der Waals surface area (Å²) in [5.74, 6) is 0.988. The summed E-state index contributed by atoms with van der Waals surface area (Å²) in [5.41, 5.74) is 2.16. The molecule has 0 bridgehead atoms. The zero-order chi connectivity index (χ0) is 15.2. The van der Waals surface area contributed by atoms with Crippen LogP contribution in [-0.2, 0) is 9.84 Å². The van der Waals surface area contributed by atoms with Gasteiger partial charge >= 0.3 is 0 Å². The van der Waals surface area contributed by atoms with Gasteiger partial charge in [0.15, 0.2) is 9.84 Å². The second-order valence-electron chi connectivity index (χ2n) is 4.91. The summed E-state index contributed by atoms with van der Waals surface area (Å²) in [6, 6.07) is 6.21. The van der Waals surface area contributed by atoms with Crippen molar-refractivity contribution in [1.29, 1.82) is 0 Å². The van der Waals surface area contributed by atoms with E-state index in [1.54, 1.807) is 6.92 Å². The summed E-state index contributed by atoms with van der Waals surface area (Å²) in [6.07, 6.45) is 0. The van der Waals surface area contributed by atoms with Crippen LogP contribution in [0.4, 0.5) is 0 Å². The molecule has 4 nitrogen and oxygen atoms in total. The minimum atomic E-state index is -2.98. The van der Waals surface area contributed by atoms with Crippen LogP contribution in [0.15, 0.2) is 18.2 Å². The Morgan fingerprint density at radius 1 is 1.30 bits per heavy atom. The van der Waals surface area contributed by atoms with Crippen molar-refractivity contribution in [3.8, 4) is 5.75 Å². The second kappa shape index (κ2) is 7.64. The zero-order valence-corrected chi connectivity index (χ0v) is 13.6. The first-order valence-corrected chi connectivity index (χ1v) is 8.89. The van der Waals surface area contributed by atoms with Gasteiger partial charge in [-0.3, -0.25) is 0 Å². The first-order chi connectivity index (χ1) is 9.39. The van der Waals surface area contributed by atoms with E-state index in [1.807, 2.05) is 25.1 Å². The highest BCUT2D eigenvalue weighted by Crippen LogP contribution is 2.26. The van der Waals surface area contributed by atoms with Crippen molar-refractivity contribution in [2.24, 2.45) is 0 Å². The molecule has 0 radical (unpaired) electrons. The molecule has 0 aromatic heterocycles. The number of hydrogen-bond donors (Lipinski definition) is 1. The Balaban J connectivity index is 2.80. The lowest BCUT2D eigenvalue weighted by Gasteiger charge is -2.18. The molecule has 0 heterocycles. The van der Waals surface area contributed by atoms with E-state index in [9.17, 15) is 8.42 Å². The Morgan fingerprint density at radius 2 is 2.00 bits per heavy atom. The van der Waals surface area contributed by atoms with Crippen LogP contribution in [0.3, 0.4) is 0 Å². The molecule has 1 aromatic rings. The Morgan fingerprint density at radius 3 is 2.60 bits per heavy atom. The first kappa shape index (κ1) is 17.0. The van der Waals surface area contributed by atoms with Crippen molar-refractivity contribution in [1.82, 2.24) is 5.32 Å². The van der Waals surface area contributed by atoms with Crippen molar-refractivity contribution in [2.75, 3.05) is 24.7 Å². The molecule has 1 atom stereocenters. The van der Waals surface area contributed by atoms with E-state index in [4.69, 9.17) is 4.74 Å². The van der Waals surface area contributed by atoms with E-state index in [2.05, 4.69) is 19.2 Å². The standard InChI is InChI=1S/C15H25NO3S/c1-5-16-13(4)14-8-7-12(3)11-15(14)19-9-10-20(17,18)6-2/h7-8,11,13,16H,5-6,9-10H2,1-4H3. The first-order valence-electron chi connectivity index (χ1n) is 7.06. The molecular weight excluding hydrogens is 274 g/mol. The predicted molar refractivity (Wildman–Crippen MR) is 83.1 cm³/mol. The van der Waals surface area contributed by atoms with Crippen molar-refractivity contribution in [3.63, 3.8) is 0 Å². The fourth-order valence-electron chi connectivity index (χ4n) is 1.96. The van der Waals surface area contributed by atoms with Gasteiger partial charge in [0, 0.05) is 17.4 Å². The van der Waals surface area contributed by atoms with Gasteiger partial charge in [0.1, 0.15) is 12.4 Å². The Hall–Kier alpha value is -1.07. The molecule has 1 unspecified atom stereocenters. The number of benzene rings is 1. The molecule has 5 heteroatoms. The molecule has 0 spiro atoms. The molecule has 0 aliphatic heterocycles. The van der Waals surface area contributed by atoms with Crippen LogP contribution in [0.5, 0.6) is 5.75 Å². The maximum Gasteiger partial charge on any atom is 0.153 e. The molecule has 114 valence electrons. The topological polar surface area (TPSA) is 55.4 Å². The van der Waals surface area contributed by atoms with Gasteiger partial charge in [-0.15, -0.1) is 0 Å². The Kier molecular flexibility index (Phi) is 6.49. The van der Waals surface area contributed by atoms with Gasteiger partial charge in [-0.2, -0.15) is 0 Å². The molecule has 20 heavy (non-hydrogen) atoms. The van der Waals surface area contributed by atoms with Crippen LogP contribution < -0.4 is 10.1 Å². The van der Waals surface area contributed by atoms with Crippen molar-refractivity contribution in [2.45, 2.75) is 33.7 Å². The molecule has 0 aliphatic rings. The SMILES string of the molecule is CCNC(C)c1ccc(C)cc1OCCS(=O)(=O)CC. The molecule has 1 rings (SSSR count). The lowest BCUT2D eigenvalue weighted by atomic mass is 10.1. The van der Waals surface area contributed by atoms with E-state index in [1.165, 1.54) is 0 Å². The van der Waals surface area contributed by atoms with Crippen molar-refractivity contribution in [3.05, 3.63) is 29.3 Å². The Labute approximate surface area is 122 Å². The van der Waals surface area contributed by atoms with Gasteiger partial charge in [0.05, 0.1) is 5.75 Å². The summed E-state index contributed by atoms with van der Waals surface area (Å²) in [6.45, 7) is 8.85. The summed E-state index contributed by atoms with van der Waals surface area (Å²) in [7, 11) is -2.98. The number of sulfone groups is 1. The molecule has 1 N–H and O–H groups in total. The summed E-state index contributed by atoms with van der Waals surface area (Å²) in [5, 5.41) is 3.34. The number of aryl methyl sites for hydroxylation is 1. The normalized spacial score (nSPS) is 13.2. The van der Waals surface area contributed by atoms with Crippen LogP contribution in [0.1, 0.15) is 37.9 Å². The predicted octanol–water partition coefficient (Wildman–Crippen LogP) is 2.48. The van der Waals surface area contributed by atoms with Crippen LogP contribution in [0.25, 0.3) is 0 Å². The van der Waals surface area contributed by atoms with Crippen LogP contribution in [0.2, 0.25) is 0 Å². The van der Waals surface area contributed by atoms with E-state index < -0.39 is 9.84 Å². The number of hydrogen-bond acceptors (Lipinski definition) is 4. The third-order valence-electron chi connectivity index (χ3n) is 3.24. The molecule has 0 saturated carbocycles. The highest BCUT2D eigenvalue weighted by atomic mass is 32.2. The van der Waals surface area contributed by atoms with Gasteiger partial charge in [-0.25, -0.2) is 8.42 Å². The minimum Gasteiger partial charge on any atom is -0.492 e. The lowest BCUT2D eigenvalue weighted by molar-refractivity contribution is 0.333. The van der Waals surface area contributed by atoms with Crippen LogP contribution in [-0.4, -0.2) is 33.1 Å². The van der Waals surface area contributed by atoms with Crippen LogP contribution >= 0.6 is 0 Å². The fourth-order valence-corrected chi connectivity index (χ4v) is 2.59. The Bertz CT molecular complexity index is 526. The van der Waals surface area contributed by atoms with Crippen molar-refractivity contribution < 1.29 is 13.2 Å². The number of ether oxygens (including phenoxy) is 1. The molecule has 1 aromatic carbocycles. The summed E-state index contributed by atoms with van der Waals surface area (Å²) in [4.78, 5) is 0. The minimum absolute atomic E-state index is 0.0620. The maximum absolute atomic E-state index is 11.5. The third kappa shape index (κ3) is 5.13. The summed E-state index contributed by atoms with van der Waals surface area (Å²) >= 11 is 0. The molecule has 0 saturated heterocycles. The number of rotatable bonds is 8. The van der Waals surface area contributed by atoms with Gasteiger partial charge in [-0.1, -0.05) is 26.0 Å². The largest absolute Gasteiger partial charge is 0.492 e. The lowest BCUT2D eigenvalue weighted by Crippen LogP contribution is -2.20. The highest BCUT2D eigenvalue weighted by Gasteiger charge is 2.13. The molecule has 0 amide bonds. The van der Waals surface area contributed by atoms with E-state index in [-0.39, 0.29) is 24.2 Å². The number of nitrogens with one attached hydrogen (secondary N) is 1. The van der Waals surface area contributed by atoms with Gasteiger partial charge in [0.2, 0.25) is 0 Å². The monoisotopic (exact) mass is 299 g/mol.